The van der Waals surface area contributed by atoms with E-state index in [-0.39, 0.29) is 5.91 Å². The van der Waals surface area contributed by atoms with Gasteiger partial charge in [-0.05, 0) is 31.0 Å². The minimum Gasteiger partial charge on any atom is -0.399 e. The second-order valence-corrected chi connectivity index (χ2v) is 7.01. The molecule has 2 aromatic rings. The van der Waals surface area contributed by atoms with Gasteiger partial charge in [-0.1, -0.05) is 11.3 Å². The van der Waals surface area contributed by atoms with Crippen LogP contribution >= 0.6 is 23.1 Å². The summed E-state index contributed by atoms with van der Waals surface area (Å²) in [6.07, 6.45) is 2.55. The van der Waals surface area contributed by atoms with Crippen molar-refractivity contribution in [2.75, 3.05) is 29.2 Å². The first kappa shape index (κ1) is 14.6. The van der Waals surface area contributed by atoms with Crippen molar-refractivity contribution in [1.82, 2.24) is 4.98 Å². The summed E-state index contributed by atoms with van der Waals surface area (Å²) >= 11 is 3.05. The fourth-order valence-corrected chi connectivity index (χ4v) is 4.04. The minimum atomic E-state index is -0.0231. The van der Waals surface area contributed by atoms with Crippen LogP contribution in [-0.2, 0) is 9.53 Å². The zero-order valence-corrected chi connectivity index (χ0v) is 13.1. The molecule has 112 valence electrons. The molecule has 1 aromatic carbocycles. The summed E-state index contributed by atoms with van der Waals surface area (Å²) in [4.78, 5) is 16.3. The molecule has 1 aliphatic heterocycles. The zero-order chi connectivity index (χ0) is 14.7. The Hall–Kier alpha value is -1.31. The van der Waals surface area contributed by atoms with Gasteiger partial charge in [0.05, 0.1) is 22.1 Å². The second-order valence-electron chi connectivity index (χ2n) is 4.94. The molecule has 0 spiro atoms. The number of carbonyl (C=O) groups excluding carboxylic acids is 1. The average Bonchev–Trinajstić information content (AvgIpc) is 3.07. The number of benzene rings is 1. The number of ether oxygens (including phenoxy) is 1. The molecule has 0 bridgehead atoms. The molecule has 1 aromatic heterocycles. The van der Waals surface area contributed by atoms with Gasteiger partial charge in [0, 0.05) is 18.0 Å². The molecule has 2 heterocycles. The molecule has 7 heteroatoms. The van der Waals surface area contributed by atoms with E-state index in [9.17, 15) is 4.79 Å². The summed E-state index contributed by atoms with van der Waals surface area (Å²) in [7, 11) is 0. The number of carbonyl (C=O) groups is 1. The molecule has 21 heavy (non-hydrogen) atoms. The maximum absolute atomic E-state index is 11.9. The van der Waals surface area contributed by atoms with Crippen molar-refractivity contribution in [3.05, 3.63) is 18.2 Å². The number of nitrogens with zero attached hydrogens (tertiary/aromatic N) is 1. The Morgan fingerprint density at radius 2 is 2.48 bits per heavy atom. The normalized spacial score (nSPS) is 18.2. The molecule has 1 unspecified atom stereocenters. The Balaban J connectivity index is 1.51. The number of anilines is 2. The van der Waals surface area contributed by atoms with Gasteiger partial charge in [-0.25, -0.2) is 4.98 Å². The Kier molecular flexibility index (Phi) is 4.62. The zero-order valence-electron chi connectivity index (χ0n) is 11.5. The highest BCUT2D eigenvalue weighted by Gasteiger charge is 2.16. The molecular formula is C14H17N3O2S2. The van der Waals surface area contributed by atoms with Crippen molar-refractivity contribution in [3.63, 3.8) is 0 Å². The number of hydrogen-bond donors (Lipinski definition) is 2. The maximum atomic E-state index is 11.9. The fourth-order valence-electron chi connectivity index (χ4n) is 2.21. The number of nitrogen functional groups attached to an aromatic ring is 1. The number of nitrogens with one attached hydrogen (secondary N) is 1. The third-order valence-corrected chi connectivity index (χ3v) is 5.23. The average molecular weight is 323 g/mol. The predicted molar refractivity (Wildman–Crippen MR) is 89.0 cm³/mol. The topological polar surface area (TPSA) is 77.2 Å². The molecule has 0 radical (unpaired) electrons. The van der Waals surface area contributed by atoms with Crippen molar-refractivity contribution < 1.29 is 9.53 Å². The summed E-state index contributed by atoms with van der Waals surface area (Å²) in [5.41, 5.74) is 7.30. The summed E-state index contributed by atoms with van der Waals surface area (Å²) in [5.74, 6) is 1.28. The summed E-state index contributed by atoms with van der Waals surface area (Å²) < 4.78 is 6.51. The van der Waals surface area contributed by atoms with E-state index in [1.807, 2.05) is 18.2 Å². The molecule has 3 rings (SSSR count). The highest BCUT2D eigenvalue weighted by Crippen LogP contribution is 2.27. The molecule has 3 N–H and O–H groups in total. The molecule has 1 aliphatic rings. The van der Waals surface area contributed by atoms with E-state index in [1.54, 1.807) is 11.8 Å². The van der Waals surface area contributed by atoms with Gasteiger partial charge in [-0.2, -0.15) is 0 Å². The quantitative estimate of drug-likeness (QED) is 0.827. The van der Waals surface area contributed by atoms with E-state index >= 15 is 0 Å². The Morgan fingerprint density at radius 3 is 3.29 bits per heavy atom. The van der Waals surface area contributed by atoms with E-state index in [0.29, 0.717) is 22.7 Å². The van der Waals surface area contributed by atoms with Crippen LogP contribution in [0.2, 0.25) is 0 Å². The first-order chi connectivity index (χ1) is 10.2. The summed E-state index contributed by atoms with van der Waals surface area (Å²) in [6.45, 7) is 0.853. The molecule has 0 saturated carbocycles. The van der Waals surface area contributed by atoms with Crippen LogP contribution in [0.5, 0.6) is 0 Å². The first-order valence-electron chi connectivity index (χ1n) is 6.86. The van der Waals surface area contributed by atoms with E-state index in [0.717, 1.165) is 35.4 Å². The number of hydrogen-bond acceptors (Lipinski definition) is 6. The number of thioether (sulfide) groups is 1. The van der Waals surface area contributed by atoms with Gasteiger partial charge in [-0.15, -0.1) is 11.8 Å². The Labute approximate surface area is 131 Å². The second kappa shape index (κ2) is 6.64. The minimum absolute atomic E-state index is 0.0231. The van der Waals surface area contributed by atoms with Crippen molar-refractivity contribution in [1.29, 1.82) is 0 Å². The van der Waals surface area contributed by atoms with Gasteiger partial charge in [-0.3, -0.25) is 4.79 Å². The summed E-state index contributed by atoms with van der Waals surface area (Å²) in [6, 6.07) is 5.54. The number of rotatable bonds is 5. The molecule has 5 nitrogen and oxygen atoms in total. The van der Waals surface area contributed by atoms with Crippen LogP contribution in [0.25, 0.3) is 10.2 Å². The summed E-state index contributed by atoms with van der Waals surface area (Å²) in [5, 5.41) is 3.47. The number of fused-ring (bicyclic) bond motifs is 1. The van der Waals surface area contributed by atoms with Crippen LogP contribution in [0.3, 0.4) is 0 Å². The van der Waals surface area contributed by atoms with Crippen molar-refractivity contribution in [3.8, 4) is 0 Å². The van der Waals surface area contributed by atoms with Crippen LogP contribution in [0.1, 0.15) is 12.8 Å². The predicted octanol–water partition coefficient (Wildman–Crippen LogP) is 2.73. The molecular weight excluding hydrogens is 306 g/mol. The van der Waals surface area contributed by atoms with Gasteiger partial charge in [0.15, 0.2) is 5.13 Å². The third-order valence-electron chi connectivity index (χ3n) is 3.22. The molecule has 1 fully saturated rings. The maximum Gasteiger partial charge on any atom is 0.236 e. The SMILES string of the molecule is Nc1ccc2nc(NC(=O)CSCC3CCCO3)sc2c1. The van der Waals surface area contributed by atoms with E-state index < -0.39 is 0 Å². The highest BCUT2D eigenvalue weighted by molar-refractivity contribution is 8.00. The third kappa shape index (κ3) is 3.87. The lowest BCUT2D eigenvalue weighted by Crippen LogP contribution is -2.16. The number of thiazole rings is 1. The van der Waals surface area contributed by atoms with E-state index in [4.69, 9.17) is 10.5 Å². The molecule has 1 atom stereocenters. The Morgan fingerprint density at radius 1 is 1.57 bits per heavy atom. The Bertz CT molecular complexity index is 638. The van der Waals surface area contributed by atoms with Crippen LogP contribution in [0.15, 0.2) is 18.2 Å². The first-order valence-corrected chi connectivity index (χ1v) is 8.83. The number of aromatic nitrogens is 1. The van der Waals surface area contributed by atoms with E-state index in [2.05, 4.69) is 10.3 Å². The van der Waals surface area contributed by atoms with Crippen LogP contribution < -0.4 is 11.1 Å². The van der Waals surface area contributed by atoms with Crippen LogP contribution in [0, 0.1) is 0 Å². The smallest absolute Gasteiger partial charge is 0.236 e. The van der Waals surface area contributed by atoms with Gasteiger partial charge in [0.25, 0.3) is 0 Å². The lowest BCUT2D eigenvalue weighted by molar-refractivity contribution is -0.113. The van der Waals surface area contributed by atoms with Crippen molar-refractivity contribution in [2.24, 2.45) is 0 Å². The fraction of sp³-hybridized carbons (Fsp3) is 0.429. The highest BCUT2D eigenvalue weighted by atomic mass is 32.2. The molecule has 1 amide bonds. The number of nitrogens with two attached hydrogens (primary N) is 1. The van der Waals surface area contributed by atoms with Gasteiger partial charge >= 0.3 is 0 Å². The van der Waals surface area contributed by atoms with Crippen LogP contribution in [0.4, 0.5) is 10.8 Å². The van der Waals surface area contributed by atoms with Crippen molar-refractivity contribution in [2.45, 2.75) is 18.9 Å². The lowest BCUT2D eigenvalue weighted by atomic mass is 10.3. The van der Waals surface area contributed by atoms with Gasteiger partial charge < -0.3 is 15.8 Å². The number of amides is 1. The monoisotopic (exact) mass is 323 g/mol. The molecule has 1 saturated heterocycles. The molecule has 0 aliphatic carbocycles. The standard InChI is InChI=1S/C14H17N3O2S2/c15-9-3-4-11-12(6-9)21-14(16-11)17-13(18)8-20-7-10-2-1-5-19-10/h3-4,6,10H,1-2,5,7-8,15H2,(H,16,17,18). The van der Waals surface area contributed by atoms with E-state index in [1.165, 1.54) is 11.3 Å². The van der Waals surface area contributed by atoms with Crippen LogP contribution in [-0.4, -0.2) is 35.1 Å². The van der Waals surface area contributed by atoms with Crippen molar-refractivity contribution >= 4 is 50.0 Å². The lowest BCUT2D eigenvalue weighted by Gasteiger charge is -2.07. The van der Waals surface area contributed by atoms with Gasteiger partial charge in [0.2, 0.25) is 5.91 Å². The largest absolute Gasteiger partial charge is 0.399 e. The van der Waals surface area contributed by atoms with Gasteiger partial charge in [0.1, 0.15) is 0 Å².